The highest BCUT2D eigenvalue weighted by Crippen LogP contribution is 2.24. The second kappa shape index (κ2) is 10.0. The molecule has 0 radical (unpaired) electrons. The van der Waals surface area contributed by atoms with E-state index in [1.807, 2.05) is 0 Å². The third-order valence-electron chi connectivity index (χ3n) is 5.68. The molecule has 3 rings (SSSR count). The van der Waals surface area contributed by atoms with Gasteiger partial charge in [0.2, 0.25) is 0 Å². The number of hydrogen-bond donors (Lipinski definition) is 1. The molecule has 146 valence electrons. The summed E-state index contributed by atoms with van der Waals surface area (Å²) in [4.78, 5) is 10.6. The van der Waals surface area contributed by atoms with Crippen molar-refractivity contribution in [3.8, 4) is 0 Å². The monoisotopic (exact) mass is 383 g/mol. The molecule has 0 saturated carbocycles. The lowest BCUT2D eigenvalue weighted by molar-refractivity contribution is 0.572. The molecule has 1 saturated heterocycles. The average Bonchev–Trinajstić information content (AvgIpc) is 2.73. The summed E-state index contributed by atoms with van der Waals surface area (Å²) in [6.07, 6.45) is 8.42. The number of anilines is 2. The van der Waals surface area contributed by atoms with Crippen molar-refractivity contribution in [3.05, 3.63) is 48.2 Å². The van der Waals surface area contributed by atoms with Gasteiger partial charge in [-0.2, -0.15) is 0 Å². The highest BCUT2D eigenvalue weighted by Gasteiger charge is 2.13. The molecule has 0 bridgehead atoms. The van der Waals surface area contributed by atoms with Gasteiger partial charge in [-0.1, -0.05) is 13.0 Å². The van der Waals surface area contributed by atoms with E-state index in [2.05, 4.69) is 78.9 Å². The Morgan fingerprint density at radius 3 is 2.44 bits per heavy atom. The maximum atomic E-state index is 4.75. The van der Waals surface area contributed by atoms with E-state index in [-0.39, 0.29) is 0 Å². The summed E-state index contributed by atoms with van der Waals surface area (Å²) >= 11 is 4.38. The molecule has 1 aliphatic rings. The topological polar surface area (TPSA) is 19.4 Å². The van der Waals surface area contributed by atoms with E-state index in [1.165, 1.54) is 43.4 Å². The minimum atomic E-state index is 0.548. The quantitative estimate of drug-likeness (QED) is 0.584. The van der Waals surface area contributed by atoms with Crippen LogP contribution in [0.3, 0.4) is 0 Å². The molecule has 2 heterocycles. The number of piperidine rings is 1. The first kappa shape index (κ1) is 20.1. The van der Waals surface area contributed by atoms with Gasteiger partial charge >= 0.3 is 0 Å². The van der Waals surface area contributed by atoms with Gasteiger partial charge in [0.05, 0.1) is 0 Å². The molecular weight excluding hydrogens is 350 g/mol. The third-order valence-corrected chi connectivity index (χ3v) is 5.98. The first-order valence-electron chi connectivity index (χ1n) is 10.4. The number of benzene rings is 1. The van der Waals surface area contributed by atoms with Crippen molar-refractivity contribution in [2.75, 3.05) is 36.0 Å². The Morgan fingerprint density at radius 2 is 1.81 bits per heavy atom. The first-order chi connectivity index (χ1) is 13.2. The number of aromatic nitrogens is 1. The molecular formula is C23H33N3S. The standard InChI is InChI=1S/C23H33N3S/c1-3-25(21-10-12-22(27)13-11-21)17-7-8-19(2)20-9-14-23(24-18-20)26-15-5-4-6-16-26/h9-14,18-19,27H,3-8,15-17H2,1-2H3. The van der Waals surface area contributed by atoms with Crippen LogP contribution in [0, 0.1) is 0 Å². The number of hydrogen-bond acceptors (Lipinski definition) is 4. The fourth-order valence-electron chi connectivity index (χ4n) is 3.89. The van der Waals surface area contributed by atoms with Crippen LogP contribution in [0.15, 0.2) is 47.5 Å². The molecule has 27 heavy (non-hydrogen) atoms. The van der Waals surface area contributed by atoms with Crippen LogP contribution in [0.25, 0.3) is 0 Å². The largest absolute Gasteiger partial charge is 0.372 e. The van der Waals surface area contributed by atoms with Crippen LogP contribution in [0.1, 0.15) is 57.4 Å². The molecule has 1 atom stereocenters. The Balaban J connectivity index is 1.49. The zero-order valence-corrected chi connectivity index (χ0v) is 17.7. The predicted molar refractivity (Wildman–Crippen MR) is 120 cm³/mol. The lowest BCUT2D eigenvalue weighted by Gasteiger charge is -2.28. The van der Waals surface area contributed by atoms with Gasteiger partial charge in [-0.15, -0.1) is 12.6 Å². The summed E-state index contributed by atoms with van der Waals surface area (Å²) in [5, 5.41) is 0. The lowest BCUT2D eigenvalue weighted by atomic mass is 9.97. The van der Waals surface area contributed by atoms with Crippen molar-refractivity contribution in [2.45, 2.75) is 56.8 Å². The molecule has 2 aromatic rings. The molecule has 4 heteroatoms. The Kier molecular flexibility index (Phi) is 7.45. The van der Waals surface area contributed by atoms with E-state index in [1.54, 1.807) is 0 Å². The third kappa shape index (κ3) is 5.65. The first-order valence-corrected chi connectivity index (χ1v) is 10.9. The van der Waals surface area contributed by atoms with E-state index in [0.29, 0.717) is 5.92 Å². The molecule has 1 aromatic heterocycles. The molecule has 1 fully saturated rings. The van der Waals surface area contributed by atoms with Crippen LogP contribution >= 0.6 is 12.6 Å². The highest BCUT2D eigenvalue weighted by molar-refractivity contribution is 7.80. The lowest BCUT2D eigenvalue weighted by Crippen LogP contribution is -2.30. The number of rotatable bonds is 8. The minimum Gasteiger partial charge on any atom is -0.372 e. The van der Waals surface area contributed by atoms with Crippen molar-refractivity contribution >= 4 is 24.1 Å². The highest BCUT2D eigenvalue weighted by atomic mass is 32.1. The second-order valence-corrected chi connectivity index (χ2v) is 8.15. The van der Waals surface area contributed by atoms with Crippen molar-refractivity contribution in [2.24, 2.45) is 0 Å². The van der Waals surface area contributed by atoms with E-state index in [9.17, 15) is 0 Å². The van der Waals surface area contributed by atoms with Gasteiger partial charge in [0, 0.05) is 43.0 Å². The molecule has 0 N–H and O–H groups in total. The SMILES string of the molecule is CCN(CCCC(C)c1ccc(N2CCCCC2)nc1)c1ccc(S)cc1. The molecule has 3 nitrogen and oxygen atoms in total. The summed E-state index contributed by atoms with van der Waals surface area (Å²) in [6.45, 7) is 8.98. The van der Waals surface area contributed by atoms with Crippen molar-refractivity contribution in [1.29, 1.82) is 0 Å². The summed E-state index contributed by atoms with van der Waals surface area (Å²) in [7, 11) is 0. The maximum Gasteiger partial charge on any atom is 0.128 e. The van der Waals surface area contributed by atoms with Gasteiger partial charge in [0.25, 0.3) is 0 Å². The Labute approximate surface area is 170 Å². The number of pyridine rings is 1. The van der Waals surface area contributed by atoms with Gasteiger partial charge in [-0.3, -0.25) is 0 Å². The average molecular weight is 384 g/mol. The van der Waals surface area contributed by atoms with Crippen LogP contribution < -0.4 is 9.80 Å². The fourth-order valence-corrected chi connectivity index (χ4v) is 4.04. The molecule has 1 aliphatic heterocycles. The molecule has 0 aliphatic carbocycles. The van der Waals surface area contributed by atoms with Crippen molar-refractivity contribution in [3.63, 3.8) is 0 Å². The Morgan fingerprint density at radius 1 is 1.07 bits per heavy atom. The van der Waals surface area contributed by atoms with E-state index in [0.717, 1.165) is 36.9 Å². The zero-order valence-electron chi connectivity index (χ0n) is 16.8. The van der Waals surface area contributed by atoms with Crippen LogP contribution in [-0.2, 0) is 0 Å². The smallest absolute Gasteiger partial charge is 0.128 e. The van der Waals surface area contributed by atoms with E-state index < -0.39 is 0 Å². The van der Waals surface area contributed by atoms with Crippen LogP contribution in [0.5, 0.6) is 0 Å². The Bertz CT molecular complexity index is 678. The minimum absolute atomic E-state index is 0.548. The maximum absolute atomic E-state index is 4.75. The Hall–Kier alpha value is -1.68. The fraction of sp³-hybridized carbons (Fsp3) is 0.522. The summed E-state index contributed by atoms with van der Waals surface area (Å²) in [5.41, 5.74) is 2.65. The van der Waals surface area contributed by atoms with Gasteiger partial charge in [0.1, 0.15) is 5.82 Å². The van der Waals surface area contributed by atoms with E-state index >= 15 is 0 Å². The van der Waals surface area contributed by atoms with Crippen molar-refractivity contribution in [1.82, 2.24) is 4.98 Å². The summed E-state index contributed by atoms with van der Waals surface area (Å²) < 4.78 is 0. The van der Waals surface area contributed by atoms with Gasteiger partial charge in [-0.25, -0.2) is 4.98 Å². The van der Waals surface area contributed by atoms with Gasteiger partial charge in [0.15, 0.2) is 0 Å². The molecule has 0 amide bonds. The predicted octanol–water partition coefficient (Wildman–Crippen LogP) is 5.77. The molecule has 0 spiro atoms. The normalized spacial score (nSPS) is 15.6. The summed E-state index contributed by atoms with van der Waals surface area (Å²) in [6, 6.07) is 13.0. The number of thiol groups is 1. The van der Waals surface area contributed by atoms with Gasteiger partial charge in [-0.05, 0) is 80.8 Å². The number of nitrogens with zero attached hydrogens (tertiary/aromatic N) is 3. The second-order valence-electron chi connectivity index (χ2n) is 7.64. The molecule has 1 aromatic carbocycles. The molecule has 1 unspecified atom stereocenters. The van der Waals surface area contributed by atoms with Crippen LogP contribution in [0.4, 0.5) is 11.5 Å². The van der Waals surface area contributed by atoms with Gasteiger partial charge < -0.3 is 9.80 Å². The summed E-state index contributed by atoms with van der Waals surface area (Å²) in [5.74, 6) is 1.70. The van der Waals surface area contributed by atoms with Crippen LogP contribution in [-0.4, -0.2) is 31.2 Å². The van der Waals surface area contributed by atoms with Crippen molar-refractivity contribution < 1.29 is 0 Å². The zero-order chi connectivity index (χ0) is 19.1. The van der Waals surface area contributed by atoms with E-state index in [4.69, 9.17) is 4.98 Å². The van der Waals surface area contributed by atoms with Crippen LogP contribution in [0.2, 0.25) is 0 Å².